The van der Waals surface area contributed by atoms with Gasteiger partial charge in [0.15, 0.2) is 0 Å². The maximum Gasteiger partial charge on any atom is 0.115 e. The normalized spacial score (nSPS) is 25.5. The van der Waals surface area contributed by atoms with E-state index in [2.05, 4.69) is 23.1 Å². The highest BCUT2D eigenvalue weighted by molar-refractivity contribution is 6.30. The van der Waals surface area contributed by atoms with Crippen LogP contribution in [0.15, 0.2) is 48.5 Å². The number of aromatic hydroxyl groups is 1. The molecule has 140 valence electrons. The third-order valence-electron chi connectivity index (χ3n) is 6.25. The molecule has 2 aliphatic rings. The Bertz CT molecular complexity index is 750. The molecule has 0 spiro atoms. The number of likely N-dealkylation sites (tertiary alicyclic amines) is 1. The highest BCUT2D eigenvalue weighted by atomic mass is 35.5. The van der Waals surface area contributed by atoms with Crippen LogP contribution in [0.5, 0.6) is 5.75 Å². The lowest BCUT2D eigenvalue weighted by atomic mass is 9.63. The fraction of sp³-hybridized carbons (Fsp3) is 0.455. The van der Waals surface area contributed by atoms with Crippen molar-refractivity contribution in [2.45, 2.75) is 50.0 Å². The van der Waals surface area contributed by atoms with E-state index in [1.807, 2.05) is 24.3 Å². The van der Waals surface area contributed by atoms with E-state index in [1.165, 1.54) is 43.2 Å². The molecule has 4 rings (SSSR count). The second kappa shape index (κ2) is 8.21. The van der Waals surface area contributed by atoms with E-state index in [-0.39, 0.29) is 17.8 Å². The van der Waals surface area contributed by atoms with Gasteiger partial charge in [-0.3, -0.25) is 4.90 Å². The summed E-state index contributed by atoms with van der Waals surface area (Å²) in [6, 6.07) is 16.9. The van der Waals surface area contributed by atoms with Crippen LogP contribution in [0, 0.1) is 0 Å². The maximum atomic E-state index is 9.90. The van der Waals surface area contributed by atoms with Gasteiger partial charge in [0.1, 0.15) is 5.75 Å². The number of fused-ring (bicyclic) bond motifs is 2. The van der Waals surface area contributed by atoms with Crippen molar-refractivity contribution in [1.82, 2.24) is 4.90 Å². The first-order valence-corrected chi connectivity index (χ1v) is 9.80. The van der Waals surface area contributed by atoms with Crippen molar-refractivity contribution < 1.29 is 5.11 Å². The summed E-state index contributed by atoms with van der Waals surface area (Å²) in [4.78, 5) is 2.68. The summed E-state index contributed by atoms with van der Waals surface area (Å²) >= 11 is 6.12. The average Bonchev–Trinajstić information content (AvgIpc) is 2.61. The quantitative estimate of drug-likeness (QED) is 0.733. The van der Waals surface area contributed by atoms with Crippen LogP contribution in [-0.4, -0.2) is 29.1 Å². The zero-order chi connectivity index (χ0) is 17.3. The Balaban J connectivity index is 0.00000196. The van der Waals surface area contributed by atoms with Crippen molar-refractivity contribution in [1.29, 1.82) is 0 Å². The summed E-state index contributed by atoms with van der Waals surface area (Å²) in [7, 11) is 0. The van der Waals surface area contributed by atoms with E-state index in [1.54, 1.807) is 6.07 Å². The van der Waals surface area contributed by atoms with Gasteiger partial charge in [-0.05, 0) is 79.5 Å². The van der Waals surface area contributed by atoms with Crippen molar-refractivity contribution >= 4 is 24.0 Å². The molecule has 4 heteroatoms. The number of nitrogens with zero attached hydrogens (tertiary/aromatic N) is 1. The van der Waals surface area contributed by atoms with Crippen LogP contribution in [0.4, 0.5) is 0 Å². The molecule has 2 bridgehead atoms. The van der Waals surface area contributed by atoms with Crippen molar-refractivity contribution in [2.75, 3.05) is 13.1 Å². The van der Waals surface area contributed by atoms with Gasteiger partial charge in [-0.2, -0.15) is 0 Å². The molecule has 0 radical (unpaired) electrons. The molecule has 26 heavy (non-hydrogen) atoms. The first kappa shape index (κ1) is 19.5. The second-order valence-corrected chi connectivity index (χ2v) is 8.18. The van der Waals surface area contributed by atoms with Crippen molar-refractivity contribution in [3.8, 4) is 5.75 Å². The molecule has 0 aromatic heterocycles. The number of hydrogen-bond acceptors (Lipinski definition) is 2. The lowest BCUT2D eigenvalue weighted by molar-refractivity contribution is 0.0524. The minimum atomic E-state index is 0. The number of phenols is 1. The molecular formula is C22H27Cl2NO. The van der Waals surface area contributed by atoms with Crippen molar-refractivity contribution in [3.63, 3.8) is 0 Å². The number of halogens is 2. The summed E-state index contributed by atoms with van der Waals surface area (Å²) < 4.78 is 0. The smallest absolute Gasteiger partial charge is 0.115 e. The first-order valence-electron chi connectivity index (χ1n) is 9.43. The van der Waals surface area contributed by atoms with E-state index in [0.717, 1.165) is 24.5 Å². The van der Waals surface area contributed by atoms with Gasteiger partial charge in [0.25, 0.3) is 0 Å². The van der Waals surface area contributed by atoms with Gasteiger partial charge in [-0.1, -0.05) is 42.3 Å². The van der Waals surface area contributed by atoms with E-state index >= 15 is 0 Å². The molecular weight excluding hydrogens is 365 g/mol. The molecule has 2 aromatic rings. The molecule has 1 aliphatic carbocycles. The Hall–Kier alpha value is -1.22. The highest BCUT2D eigenvalue weighted by Gasteiger charge is 2.43. The molecule has 0 amide bonds. The Kier molecular flexibility index (Phi) is 6.17. The van der Waals surface area contributed by atoms with Crippen LogP contribution >= 0.6 is 24.0 Å². The minimum Gasteiger partial charge on any atom is -0.508 e. The van der Waals surface area contributed by atoms with E-state index < -0.39 is 0 Å². The monoisotopic (exact) mass is 391 g/mol. The zero-order valence-electron chi connectivity index (χ0n) is 15.0. The molecule has 2 fully saturated rings. The summed E-state index contributed by atoms with van der Waals surface area (Å²) in [5.74, 6) is 0.400. The fourth-order valence-electron chi connectivity index (χ4n) is 4.91. The van der Waals surface area contributed by atoms with Crippen LogP contribution in [0.25, 0.3) is 0 Å². The Morgan fingerprint density at radius 1 is 1.12 bits per heavy atom. The summed E-state index contributed by atoms with van der Waals surface area (Å²) in [6.45, 7) is 2.27. The van der Waals surface area contributed by atoms with E-state index in [0.29, 0.717) is 11.8 Å². The minimum absolute atomic E-state index is 0. The molecule has 2 atom stereocenters. The topological polar surface area (TPSA) is 23.5 Å². The largest absolute Gasteiger partial charge is 0.508 e. The summed E-state index contributed by atoms with van der Waals surface area (Å²) in [5, 5.41) is 10.7. The molecule has 1 heterocycles. The van der Waals surface area contributed by atoms with Crippen LogP contribution in [0.3, 0.4) is 0 Å². The summed E-state index contributed by atoms with van der Waals surface area (Å²) in [6.07, 6.45) is 7.34. The van der Waals surface area contributed by atoms with E-state index in [9.17, 15) is 5.11 Å². The predicted octanol–water partition coefficient (Wildman–Crippen LogP) is 5.60. The predicted molar refractivity (Wildman–Crippen MR) is 111 cm³/mol. The van der Waals surface area contributed by atoms with Gasteiger partial charge in [0.05, 0.1) is 0 Å². The van der Waals surface area contributed by atoms with Crippen LogP contribution in [-0.2, 0) is 11.8 Å². The average molecular weight is 392 g/mol. The third-order valence-corrected chi connectivity index (χ3v) is 6.48. The maximum absolute atomic E-state index is 9.90. The standard InChI is InChI=1S/C22H26ClNO.ClH/c23-19-6-1-4-17(14-19)9-12-24-13-11-22(10-3-7-20(24)16-22)18-5-2-8-21(25)15-18;/h1-2,4-6,8,14-15,20,25H,3,7,9-13,16H2;1H/t20-,22+;/m1./s1. The van der Waals surface area contributed by atoms with Gasteiger partial charge < -0.3 is 5.11 Å². The number of piperidine rings is 1. The van der Waals surface area contributed by atoms with Gasteiger partial charge in [-0.25, -0.2) is 0 Å². The van der Waals surface area contributed by atoms with Crippen LogP contribution in [0.2, 0.25) is 5.02 Å². The van der Waals surface area contributed by atoms with Crippen molar-refractivity contribution in [3.05, 3.63) is 64.7 Å². The summed E-state index contributed by atoms with van der Waals surface area (Å²) in [5.41, 5.74) is 2.94. The Morgan fingerprint density at radius 2 is 1.96 bits per heavy atom. The number of phenolic OH excluding ortho intramolecular Hbond substituents is 1. The number of rotatable bonds is 4. The molecule has 1 aliphatic heterocycles. The molecule has 2 nitrogen and oxygen atoms in total. The molecule has 2 aromatic carbocycles. The third kappa shape index (κ3) is 4.03. The SMILES string of the molecule is Cl.Oc1cccc([C@]23CCC[C@H](C2)N(CCc2cccc(Cl)c2)CC3)c1. The van der Waals surface area contributed by atoms with Gasteiger partial charge >= 0.3 is 0 Å². The molecule has 1 saturated heterocycles. The van der Waals surface area contributed by atoms with Crippen LogP contribution < -0.4 is 0 Å². The highest BCUT2D eigenvalue weighted by Crippen LogP contribution is 2.47. The number of hydrogen-bond donors (Lipinski definition) is 1. The van der Waals surface area contributed by atoms with Crippen LogP contribution in [0.1, 0.15) is 43.2 Å². The van der Waals surface area contributed by atoms with Gasteiger partial charge in [-0.15, -0.1) is 12.4 Å². The second-order valence-electron chi connectivity index (χ2n) is 7.75. The number of benzene rings is 2. The fourth-order valence-corrected chi connectivity index (χ4v) is 5.12. The molecule has 1 N–H and O–H groups in total. The lowest BCUT2D eigenvalue weighted by Crippen LogP contribution is -2.52. The zero-order valence-corrected chi connectivity index (χ0v) is 16.6. The van der Waals surface area contributed by atoms with Crippen molar-refractivity contribution in [2.24, 2.45) is 0 Å². The Labute approximate surface area is 167 Å². The first-order chi connectivity index (χ1) is 12.1. The Morgan fingerprint density at radius 3 is 2.77 bits per heavy atom. The van der Waals surface area contributed by atoms with E-state index in [4.69, 9.17) is 11.6 Å². The lowest BCUT2D eigenvalue weighted by Gasteiger charge is -2.51. The molecule has 0 unspecified atom stereocenters. The van der Waals surface area contributed by atoms with Gasteiger partial charge in [0.2, 0.25) is 0 Å². The molecule has 1 saturated carbocycles. The van der Waals surface area contributed by atoms with Gasteiger partial charge in [0, 0.05) is 17.6 Å².